The lowest BCUT2D eigenvalue weighted by atomic mass is 10.2. The molecule has 0 radical (unpaired) electrons. The number of nitrogens with zero attached hydrogens (tertiary/aromatic N) is 4. The Labute approximate surface area is 136 Å². The van der Waals surface area contributed by atoms with Gasteiger partial charge >= 0.3 is 0 Å². The molecule has 3 aromatic heterocycles. The number of thiazole rings is 1. The van der Waals surface area contributed by atoms with Gasteiger partial charge in [-0.2, -0.15) is 0 Å². The molecule has 116 valence electrons. The van der Waals surface area contributed by atoms with Crippen LogP contribution in [0.3, 0.4) is 0 Å². The quantitative estimate of drug-likeness (QED) is 0.743. The van der Waals surface area contributed by atoms with Gasteiger partial charge in [0.05, 0.1) is 17.9 Å². The highest BCUT2D eigenvalue weighted by atomic mass is 32.1. The van der Waals surface area contributed by atoms with Crippen LogP contribution in [-0.2, 0) is 4.79 Å². The minimum atomic E-state index is -0.178. The molecule has 0 saturated carbocycles. The third-order valence-corrected chi connectivity index (χ3v) is 3.65. The number of pyridine rings is 1. The molecule has 0 unspecified atom stereocenters. The van der Waals surface area contributed by atoms with Crippen molar-refractivity contribution in [1.29, 1.82) is 0 Å². The summed E-state index contributed by atoms with van der Waals surface area (Å²) in [4.78, 5) is 29.2. The predicted octanol–water partition coefficient (Wildman–Crippen LogP) is 1.82. The number of rotatable bonds is 5. The van der Waals surface area contributed by atoms with Crippen LogP contribution in [0.4, 0.5) is 5.82 Å². The Bertz CT molecular complexity index is 791. The maximum absolute atomic E-state index is 11.8. The second kappa shape index (κ2) is 7.03. The zero-order valence-electron chi connectivity index (χ0n) is 12.4. The molecule has 0 atom stereocenters. The van der Waals surface area contributed by atoms with Crippen molar-refractivity contribution in [3.8, 4) is 22.2 Å². The lowest BCUT2D eigenvalue weighted by Crippen LogP contribution is -2.25. The number of hydrogen-bond acceptors (Lipinski definition) is 7. The zero-order valence-corrected chi connectivity index (χ0v) is 13.2. The van der Waals surface area contributed by atoms with E-state index in [1.165, 1.54) is 11.3 Å². The van der Waals surface area contributed by atoms with E-state index in [1.54, 1.807) is 25.5 Å². The third-order valence-electron chi connectivity index (χ3n) is 2.88. The molecular formula is C15H14N6OS. The topological polar surface area (TPSA) is 92.7 Å². The number of nitrogens with one attached hydrogen (secondary N) is 2. The van der Waals surface area contributed by atoms with Gasteiger partial charge in [0.2, 0.25) is 5.91 Å². The second-order valence-electron chi connectivity index (χ2n) is 4.59. The van der Waals surface area contributed by atoms with Gasteiger partial charge in [0.15, 0.2) is 10.8 Å². The van der Waals surface area contributed by atoms with E-state index >= 15 is 0 Å². The van der Waals surface area contributed by atoms with Gasteiger partial charge in [-0.3, -0.25) is 9.78 Å². The smallest absolute Gasteiger partial charge is 0.239 e. The highest BCUT2D eigenvalue weighted by molar-refractivity contribution is 7.13. The Kier molecular flexibility index (Phi) is 4.65. The van der Waals surface area contributed by atoms with Gasteiger partial charge < -0.3 is 10.6 Å². The molecule has 0 saturated heterocycles. The highest BCUT2D eigenvalue weighted by Crippen LogP contribution is 2.24. The van der Waals surface area contributed by atoms with Crippen LogP contribution in [0.25, 0.3) is 22.2 Å². The van der Waals surface area contributed by atoms with E-state index in [9.17, 15) is 4.79 Å². The Hall–Kier alpha value is -2.71. The Morgan fingerprint density at radius 2 is 2.09 bits per heavy atom. The largest absolute Gasteiger partial charge is 0.311 e. The van der Waals surface area contributed by atoms with Crippen LogP contribution < -0.4 is 10.6 Å². The molecule has 0 aromatic carbocycles. The number of aromatic nitrogens is 4. The molecule has 23 heavy (non-hydrogen) atoms. The van der Waals surface area contributed by atoms with Crippen molar-refractivity contribution in [3.05, 3.63) is 42.0 Å². The molecule has 8 heteroatoms. The fourth-order valence-corrected chi connectivity index (χ4v) is 2.50. The normalized spacial score (nSPS) is 10.5. The first-order valence-electron chi connectivity index (χ1n) is 6.91. The SMILES string of the molecule is CNCC(=O)Nc1cc(-c2ccccn2)nc(-c2nccs2)n1. The summed E-state index contributed by atoms with van der Waals surface area (Å²) in [6, 6.07) is 7.27. The van der Waals surface area contributed by atoms with Gasteiger partial charge in [-0.15, -0.1) is 11.3 Å². The van der Waals surface area contributed by atoms with Crippen molar-refractivity contribution < 1.29 is 4.79 Å². The molecule has 7 nitrogen and oxygen atoms in total. The van der Waals surface area contributed by atoms with Gasteiger partial charge in [0.25, 0.3) is 0 Å². The molecule has 2 N–H and O–H groups in total. The van der Waals surface area contributed by atoms with E-state index in [4.69, 9.17) is 0 Å². The minimum Gasteiger partial charge on any atom is -0.311 e. The summed E-state index contributed by atoms with van der Waals surface area (Å²) < 4.78 is 0. The molecule has 3 aromatic rings. The molecular weight excluding hydrogens is 312 g/mol. The van der Waals surface area contributed by atoms with Crippen LogP contribution in [-0.4, -0.2) is 39.4 Å². The van der Waals surface area contributed by atoms with E-state index < -0.39 is 0 Å². The number of hydrogen-bond donors (Lipinski definition) is 2. The first-order valence-corrected chi connectivity index (χ1v) is 7.79. The standard InChI is InChI=1S/C15H14N6OS/c1-16-9-13(22)20-12-8-11(10-4-2-3-5-17-10)19-14(21-12)15-18-6-7-23-15/h2-8,16H,9H2,1H3,(H,19,20,21,22). The van der Waals surface area contributed by atoms with Gasteiger partial charge in [0, 0.05) is 23.8 Å². The fraction of sp³-hybridized carbons (Fsp3) is 0.133. The van der Waals surface area contributed by atoms with Crippen molar-refractivity contribution in [2.45, 2.75) is 0 Å². The number of amides is 1. The van der Waals surface area contributed by atoms with Crippen molar-refractivity contribution in [3.63, 3.8) is 0 Å². The van der Waals surface area contributed by atoms with Crippen LogP contribution in [0.5, 0.6) is 0 Å². The third kappa shape index (κ3) is 3.74. The van der Waals surface area contributed by atoms with Gasteiger partial charge in [-0.25, -0.2) is 15.0 Å². The van der Waals surface area contributed by atoms with E-state index in [1.807, 2.05) is 23.6 Å². The molecule has 0 aliphatic heterocycles. The molecule has 1 amide bonds. The number of anilines is 1. The number of carbonyl (C=O) groups excluding carboxylic acids is 1. The maximum atomic E-state index is 11.8. The second-order valence-corrected chi connectivity index (χ2v) is 5.49. The zero-order chi connectivity index (χ0) is 16.1. The van der Waals surface area contributed by atoms with Crippen molar-refractivity contribution >= 4 is 23.1 Å². The van der Waals surface area contributed by atoms with Crippen LogP contribution in [0.2, 0.25) is 0 Å². The first kappa shape index (κ1) is 15.2. The molecule has 0 spiro atoms. The van der Waals surface area contributed by atoms with Crippen LogP contribution in [0, 0.1) is 0 Å². The summed E-state index contributed by atoms with van der Waals surface area (Å²) >= 11 is 1.44. The summed E-state index contributed by atoms with van der Waals surface area (Å²) in [5.74, 6) is 0.706. The number of likely N-dealkylation sites (N-methyl/N-ethyl adjacent to an activating group) is 1. The van der Waals surface area contributed by atoms with E-state index in [2.05, 4.69) is 30.6 Å². The van der Waals surface area contributed by atoms with Gasteiger partial charge in [-0.1, -0.05) is 6.07 Å². The van der Waals surface area contributed by atoms with Gasteiger partial charge in [0.1, 0.15) is 5.82 Å². The number of carbonyl (C=O) groups is 1. The summed E-state index contributed by atoms with van der Waals surface area (Å²) in [5, 5.41) is 8.09. The lowest BCUT2D eigenvalue weighted by molar-refractivity contribution is -0.115. The first-order chi connectivity index (χ1) is 11.3. The fourth-order valence-electron chi connectivity index (χ4n) is 1.93. The van der Waals surface area contributed by atoms with Crippen molar-refractivity contribution in [2.75, 3.05) is 18.9 Å². The monoisotopic (exact) mass is 326 g/mol. The van der Waals surface area contributed by atoms with Gasteiger partial charge in [-0.05, 0) is 19.2 Å². The molecule has 0 aliphatic carbocycles. The summed E-state index contributed by atoms with van der Waals surface area (Å²) in [6.45, 7) is 0.204. The Morgan fingerprint density at radius 3 is 2.78 bits per heavy atom. The summed E-state index contributed by atoms with van der Waals surface area (Å²) in [6.07, 6.45) is 3.38. The Morgan fingerprint density at radius 1 is 1.17 bits per heavy atom. The van der Waals surface area contributed by atoms with E-state index in [0.29, 0.717) is 28.0 Å². The average Bonchev–Trinajstić information content (AvgIpc) is 3.10. The highest BCUT2D eigenvalue weighted by Gasteiger charge is 2.12. The molecule has 0 bridgehead atoms. The van der Waals surface area contributed by atoms with E-state index in [0.717, 1.165) is 0 Å². The molecule has 3 heterocycles. The van der Waals surface area contributed by atoms with Crippen LogP contribution >= 0.6 is 11.3 Å². The van der Waals surface area contributed by atoms with Crippen molar-refractivity contribution in [1.82, 2.24) is 25.3 Å². The summed E-state index contributed by atoms with van der Waals surface area (Å²) in [7, 11) is 1.71. The predicted molar refractivity (Wildman–Crippen MR) is 88.9 cm³/mol. The molecule has 0 aliphatic rings. The van der Waals surface area contributed by atoms with Crippen LogP contribution in [0.15, 0.2) is 42.0 Å². The lowest BCUT2D eigenvalue weighted by Gasteiger charge is -2.08. The van der Waals surface area contributed by atoms with E-state index in [-0.39, 0.29) is 12.5 Å². The van der Waals surface area contributed by atoms with Crippen molar-refractivity contribution in [2.24, 2.45) is 0 Å². The summed E-state index contributed by atoms with van der Waals surface area (Å²) in [5.41, 5.74) is 1.34. The maximum Gasteiger partial charge on any atom is 0.239 e. The van der Waals surface area contributed by atoms with Crippen LogP contribution in [0.1, 0.15) is 0 Å². The molecule has 3 rings (SSSR count). The molecule has 0 fully saturated rings. The average molecular weight is 326 g/mol. The minimum absolute atomic E-state index is 0.178. The Balaban J connectivity index is 2.02.